The number of aromatic nitrogens is 1. The topological polar surface area (TPSA) is 51.5 Å². The zero-order valence-electron chi connectivity index (χ0n) is 14.1. The lowest BCUT2D eigenvalue weighted by Crippen LogP contribution is -2.55. The van der Waals surface area contributed by atoms with Crippen LogP contribution < -0.4 is 10.3 Å². The fraction of sp³-hybridized carbons (Fsp3) is 0.368. The summed E-state index contributed by atoms with van der Waals surface area (Å²) >= 11 is 1.60. The SMILES string of the molecule is Cc1cc(OC2CN(C(=O)/C=C/c3cccs3)C2)cc(=O)n1C1CC1. The van der Waals surface area contributed by atoms with Gasteiger partial charge in [0.2, 0.25) is 5.91 Å². The van der Waals surface area contributed by atoms with E-state index in [0.717, 1.165) is 23.4 Å². The molecule has 2 fully saturated rings. The van der Waals surface area contributed by atoms with E-state index in [9.17, 15) is 9.59 Å². The van der Waals surface area contributed by atoms with Gasteiger partial charge in [-0.05, 0) is 43.4 Å². The molecule has 0 radical (unpaired) electrons. The maximum absolute atomic E-state index is 12.2. The largest absolute Gasteiger partial charge is 0.486 e. The van der Waals surface area contributed by atoms with Crippen LogP contribution in [0.15, 0.2) is 40.5 Å². The standard InChI is InChI=1S/C19H20N2O3S/c1-13-9-15(10-19(23)21(13)14-4-5-14)24-16-11-20(12-16)18(22)7-6-17-3-2-8-25-17/h2-3,6-10,14,16H,4-5,11-12H2,1H3/b7-6+. The highest BCUT2D eigenvalue weighted by Gasteiger charge is 2.32. The summed E-state index contributed by atoms with van der Waals surface area (Å²) in [6.07, 6.45) is 5.55. The molecule has 25 heavy (non-hydrogen) atoms. The molecule has 0 unspecified atom stereocenters. The molecule has 1 aliphatic heterocycles. The Labute approximate surface area is 150 Å². The van der Waals surface area contributed by atoms with Crippen LogP contribution in [0.5, 0.6) is 5.75 Å². The van der Waals surface area contributed by atoms with Gasteiger partial charge < -0.3 is 14.2 Å². The molecule has 1 aliphatic carbocycles. The predicted octanol–water partition coefficient (Wildman–Crippen LogP) is 2.86. The van der Waals surface area contributed by atoms with Crippen LogP contribution in [0, 0.1) is 6.92 Å². The Kier molecular flexibility index (Phi) is 4.21. The fourth-order valence-electron chi connectivity index (χ4n) is 3.08. The lowest BCUT2D eigenvalue weighted by atomic mass is 10.1. The highest BCUT2D eigenvalue weighted by Crippen LogP contribution is 2.35. The molecule has 2 aromatic rings. The van der Waals surface area contributed by atoms with Gasteiger partial charge in [-0.2, -0.15) is 0 Å². The van der Waals surface area contributed by atoms with Crippen molar-refractivity contribution in [3.8, 4) is 5.75 Å². The Hall–Kier alpha value is -2.34. The number of likely N-dealkylation sites (tertiary alicyclic amines) is 1. The minimum atomic E-state index is -0.0466. The molecule has 2 aromatic heterocycles. The Bertz CT molecular complexity index is 859. The second-order valence-corrected chi connectivity index (χ2v) is 7.58. The molecular weight excluding hydrogens is 336 g/mol. The van der Waals surface area contributed by atoms with E-state index in [1.54, 1.807) is 28.4 Å². The third-order valence-electron chi connectivity index (χ3n) is 4.54. The zero-order valence-corrected chi connectivity index (χ0v) is 14.9. The van der Waals surface area contributed by atoms with Gasteiger partial charge in [0.25, 0.3) is 5.56 Å². The van der Waals surface area contributed by atoms with E-state index in [1.807, 2.05) is 41.1 Å². The lowest BCUT2D eigenvalue weighted by molar-refractivity contribution is -0.134. The number of aryl methyl sites for hydroxylation is 1. The first-order valence-corrected chi connectivity index (χ1v) is 9.38. The maximum Gasteiger partial charge on any atom is 0.254 e. The van der Waals surface area contributed by atoms with Crippen molar-refractivity contribution >= 4 is 23.3 Å². The van der Waals surface area contributed by atoms with Crippen LogP contribution >= 0.6 is 11.3 Å². The number of ether oxygens (including phenoxy) is 1. The van der Waals surface area contributed by atoms with Gasteiger partial charge in [0.15, 0.2) is 0 Å². The number of hydrogen-bond acceptors (Lipinski definition) is 4. The van der Waals surface area contributed by atoms with E-state index in [-0.39, 0.29) is 17.6 Å². The number of carbonyl (C=O) groups is 1. The van der Waals surface area contributed by atoms with E-state index in [0.29, 0.717) is 24.9 Å². The Morgan fingerprint density at radius 1 is 1.32 bits per heavy atom. The molecular formula is C19H20N2O3S. The number of nitrogens with zero attached hydrogens (tertiary/aromatic N) is 2. The molecule has 0 atom stereocenters. The van der Waals surface area contributed by atoms with Gasteiger partial charge in [-0.1, -0.05) is 6.07 Å². The summed E-state index contributed by atoms with van der Waals surface area (Å²) in [6, 6.07) is 7.78. The van der Waals surface area contributed by atoms with Crippen molar-refractivity contribution in [2.24, 2.45) is 0 Å². The Morgan fingerprint density at radius 2 is 2.12 bits per heavy atom. The molecule has 5 nitrogen and oxygen atoms in total. The number of thiophene rings is 1. The van der Waals surface area contributed by atoms with Gasteiger partial charge >= 0.3 is 0 Å². The van der Waals surface area contributed by atoms with Gasteiger partial charge in [0.05, 0.1) is 13.1 Å². The summed E-state index contributed by atoms with van der Waals surface area (Å²) in [7, 11) is 0. The number of amides is 1. The summed E-state index contributed by atoms with van der Waals surface area (Å²) in [5.74, 6) is 0.596. The first kappa shape index (κ1) is 16.1. The van der Waals surface area contributed by atoms with Gasteiger partial charge in [0.1, 0.15) is 11.9 Å². The number of carbonyl (C=O) groups excluding carboxylic acids is 1. The summed E-state index contributed by atoms with van der Waals surface area (Å²) in [5, 5.41) is 1.98. The molecule has 0 aromatic carbocycles. The minimum Gasteiger partial charge on any atom is -0.486 e. The average Bonchev–Trinajstić information content (AvgIpc) is 3.21. The van der Waals surface area contributed by atoms with Crippen LogP contribution in [-0.4, -0.2) is 34.6 Å². The average molecular weight is 356 g/mol. The third kappa shape index (κ3) is 3.54. The third-order valence-corrected chi connectivity index (χ3v) is 5.38. The van der Waals surface area contributed by atoms with Crippen LogP contribution in [0.4, 0.5) is 0 Å². The van der Waals surface area contributed by atoms with Crippen molar-refractivity contribution in [1.29, 1.82) is 0 Å². The van der Waals surface area contributed by atoms with E-state index in [2.05, 4.69) is 0 Å². The second-order valence-electron chi connectivity index (χ2n) is 6.60. The Balaban J connectivity index is 1.32. The zero-order chi connectivity index (χ0) is 17.4. The van der Waals surface area contributed by atoms with Crippen LogP contribution in [0.1, 0.15) is 29.5 Å². The van der Waals surface area contributed by atoms with Gasteiger partial charge in [0, 0.05) is 28.8 Å². The molecule has 0 spiro atoms. The minimum absolute atomic E-state index is 0.00337. The van der Waals surface area contributed by atoms with Crippen molar-refractivity contribution in [3.05, 3.63) is 56.6 Å². The van der Waals surface area contributed by atoms with Crippen molar-refractivity contribution < 1.29 is 9.53 Å². The molecule has 4 rings (SSSR count). The number of hydrogen-bond donors (Lipinski definition) is 0. The van der Waals surface area contributed by atoms with Crippen molar-refractivity contribution in [2.75, 3.05) is 13.1 Å². The van der Waals surface area contributed by atoms with Crippen molar-refractivity contribution in [3.63, 3.8) is 0 Å². The van der Waals surface area contributed by atoms with Crippen LogP contribution in [0.2, 0.25) is 0 Å². The van der Waals surface area contributed by atoms with Gasteiger partial charge in [-0.3, -0.25) is 9.59 Å². The summed E-state index contributed by atoms with van der Waals surface area (Å²) in [5.41, 5.74) is 0.944. The first-order chi connectivity index (χ1) is 12.1. The van der Waals surface area contributed by atoms with E-state index >= 15 is 0 Å². The fourth-order valence-corrected chi connectivity index (χ4v) is 3.70. The number of rotatable bonds is 5. The molecule has 3 heterocycles. The molecule has 1 amide bonds. The van der Waals surface area contributed by atoms with Crippen LogP contribution in [0.3, 0.4) is 0 Å². The van der Waals surface area contributed by atoms with Crippen molar-refractivity contribution in [1.82, 2.24) is 9.47 Å². The lowest BCUT2D eigenvalue weighted by Gasteiger charge is -2.38. The maximum atomic E-state index is 12.2. The predicted molar refractivity (Wildman–Crippen MR) is 98.1 cm³/mol. The van der Waals surface area contributed by atoms with Crippen LogP contribution in [-0.2, 0) is 4.79 Å². The molecule has 130 valence electrons. The van der Waals surface area contributed by atoms with Gasteiger partial charge in [-0.15, -0.1) is 11.3 Å². The molecule has 0 bridgehead atoms. The van der Waals surface area contributed by atoms with E-state index in [1.165, 1.54) is 0 Å². The molecule has 6 heteroatoms. The second kappa shape index (κ2) is 6.52. The molecule has 1 saturated carbocycles. The highest BCUT2D eigenvalue weighted by atomic mass is 32.1. The van der Waals surface area contributed by atoms with E-state index < -0.39 is 0 Å². The quantitative estimate of drug-likeness (QED) is 0.774. The van der Waals surface area contributed by atoms with E-state index in [4.69, 9.17) is 4.74 Å². The first-order valence-electron chi connectivity index (χ1n) is 8.50. The Morgan fingerprint density at radius 3 is 2.76 bits per heavy atom. The monoisotopic (exact) mass is 356 g/mol. The smallest absolute Gasteiger partial charge is 0.254 e. The molecule has 1 saturated heterocycles. The van der Waals surface area contributed by atoms with Crippen LogP contribution in [0.25, 0.3) is 6.08 Å². The number of pyridine rings is 1. The summed E-state index contributed by atoms with van der Waals surface area (Å²) in [4.78, 5) is 27.1. The summed E-state index contributed by atoms with van der Waals surface area (Å²) < 4.78 is 7.71. The highest BCUT2D eigenvalue weighted by molar-refractivity contribution is 7.10. The molecule has 0 N–H and O–H groups in total. The van der Waals surface area contributed by atoms with Crippen molar-refractivity contribution in [2.45, 2.75) is 31.9 Å². The van der Waals surface area contributed by atoms with Gasteiger partial charge in [-0.25, -0.2) is 0 Å². The molecule has 2 aliphatic rings. The summed E-state index contributed by atoms with van der Waals surface area (Å²) in [6.45, 7) is 3.05. The normalized spacial score (nSPS) is 17.7.